The number of hydrogen-bond donors (Lipinski definition) is 1. The van der Waals surface area contributed by atoms with Crippen LogP contribution in [-0.4, -0.2) is 16.1 Å². The number of halogens is 5. The molecule has 0 spiro atoms. The summed E-state index contributed by atoms with van der Waals surface area (Å²) in [7, 11) is 0. The second-order valence-corrected chi connectivity index (χ2v) is 4.53. The van der Waals surface area contributed by atoms with Crippen molar-refractivity contribution in [3.05, 3.63) is 54.1 Å². The number of benzene rings is 1. The molecule has 1 heterocycles. The van der Waals surface area contributed by atoms with Crippen LogP contribution in [0.15, 0.2) is 43.0 Å². The largest absolute Gasteiger partial charge is 0.416 e. The van der Waals surface area contributed by atoms with Gasteiger partial charge in [0.15, 0.2) is 0 Å². The van der Waals surface area contributed by atoms with Gasteiger partial charge in [-0.1, -0.05) is 12.1 Å². The maximum absolute atomic E-state index is 12.4. The minimum atomic E-state index is -4.27. The number of rotatable bonds is 6. The molecule has 0 saturated carbocycles. The highest BCUT2D eigenvalue weighted by Gasteiger charge is 2.29. The normalized spacial score (nSPS) is 10.7. The van der Waals surface area contributed by atoms with Gasteiger partial charge in [-0.05, 0) is 30.7 Å². The lowest BCUT2D eigenvalue weighted by Crippen LogP contribution is -2.16. The van der Waals surface area contributed by atoms with Crippen molar-refractivity contribution in [1.29, 1.82) is 0 Å². The van der Waals surface area contributed by atoms with Crippen molar-refractivity contribution in [2.45, 2.75) is 25.7 Å². The van der Waals surface area contributed by atoms with Gasteiger partial charge in [-0.25, -0.2) is 4.98 Å². The van der Waals surface area contributed by atoms with Crippen molar-refractivity contribution in [1.82, 2.24) is 14.9 Å². The van der Waals surface area contributed by atoms with Crippen molar-refractivity contribution in [2.75, 3.05) is 6.54 Å². The van der Waals surface area contributed by atoms with Crippen molar-refractivity contribution >= 4 is 24.8 Å². The number of nitrogens with one attached hydrogen (secondary N) is 1. The van der Waals surface area contributed by atoms with E-state index in [1.807, 2.05) is 10.8 Å². The number of aromatic nitrogens is 2. The molecule has 0 radical (unpaired) electrons. The van der Waals surface area contributed by atoms with Crippen molar-refractivity contribution in [2.24, 2.45) is 0 Å². The summed E-state index contributed by atoms with van der Waals surface area (Å²) in [6.45, 7) is 2.25. The maximum atomic E-state index is 12.4. The van der Waals surface area contributed by atoms with Crippen LogP contribution < -0.4 is 5.32 Å². The summed E-state index contributed by atoms with van der Waals surface area (Å²) < 4.78 is 39.1. The van der Waals surface area contributed by atoms with Crippen LogP contribution in [0.1, 0.15) is 17.5 Å². The van der Waals surface area contributed by atoms with E-state index in [1.54, 1.807) is 12.5 Å². The van der Waals surface area contributed by atoms with Crippen molar-refractivity contribution in [3.8, 4) is 0 Å². The van der Waals surface area contributed by atoms with Crippen LogP contribution in [0.5, 0.6) is 0 Å². The van der Waals surface area contributed by atoms with Crippen LogP contribution in [0.3, 0.4) is 0 Å². The summed E-state index contributed by atoms with van der Waals surface area (Å²) in [6, 6.07) is 5.24. The molecule has 1 N–H and O–H groups in total. The zero-order chi connectivity index (χ0) is 14.4. The molecule has 0 bridgehead atoms. The van der Waals surface area contributed by atoms with Crippen molar-refractivity contribution < 1.29 is 13.2 Å². The van der Waals surface area contributed by atoms with E-state index in [0.29, 0.717) is 6.54 Å². The Labute approximate surface area is 139 Å². The minimum Gasteiger partial charge on any atom is -0.337 e. The Balaban J connectivity index is 0.00000220. The molecule has 1 aromatic heterocycles. The van der Waals surface area contributed by atoms with Crippen LogP contribution in [0.2, 0.25) is 0 Å². The SMILES string of the molecule is Cl.Cl.FC(F)(F)c1ccc(CNCCCn2ccnc2)cc1. The molecule has 2 aromatic rings. The fourth-order valence-electron chi connectivity index (χ4n) is 1.85. The molecule has 0 unspecified atom stereocenters. The third-order valence-corrected chi connectivity index (χ3v) is 2.94. The fraction of sp³-hybridized carbons (Fsp3) is 0.357. The first-order valence-corrected chi connectivity index (χ1v) is 6.38. The molecular formula is C14H18Cl2F3N3. The second-order valence-electron chi connectivity index (χ2n) is 4.53. The topological polar surface area (TPSA) is 29.9 Å². The van der Waals surface area contributed by atoms with E-state index in [0.717, 1.165) is 37.2 Å². The first-order valence-electron chi connectivity index (χ1n) is 6.38. The average Bonchev–Trinajstić information content (AvgIpc) is 2.91. The first kappa shape index (κ1) is 20.8. The van der Waals surface area contributed by atoms with E-state index in [2.05, 4.69) is 10.3 Å². The Hall–Kier alpha value is -1.24. The molecule has 0 aliphatic carbocycles. The molecular weight excluding hydrogens is 338 g/mol. The lowest BCUT2D eigenvalue weighted by Gasteiger charge is -2.08. The molecule has 2 rings (SSSR count). The van der Waals surface area contributed by atoms with Gasteiger partial charge in [0.1, 0.15) is 0 Å². The Morgan fingerprint density at radius 1 is 1.09 bits per heavy atom. The van der Waals surface area contributed by atoms with Gasteiger partial charge in [-0.2, -0.15) is 13.2 Å². The molecule has 8 heteroatoms. The molecule has 1 aromatic carbocycles. The van der Waals surface area contributed by atoms with Gasteiger partial charge in [0.2, 0.25) is 0 Å². The Kier molecular flexibility index (Phi) is 9.16. The lowest BCUT2D eigenvalue weighted by molar-refractivity contribution is -0.137. The Morgan fingerprint density at radius 3 is 2.32 bits per heavy atom. The van der Waals surface area contributed by atoms with E-state index in [-0.39, 0.29) is 24.8 Å². The molecule has 0 atom stereocenters. The van der Waals surface area contributed by atoms with Gasteiger partial charge in [0.25, 0.3) is 0 Å². The number of aryl methyl sites for hydroxylation is 1. The predicted molar refractivity (Wildman–Crippen MR) is 84.5 cm³/mol. The summed E-state index contributed by atoms with van der Waals surface area (Å²) in [4.78, 5) is 3.95. The third kappa shape index (κ3) is 6.68. The number of imidazole rings is 1. The van der Waals surface area contributed by atoms with Gasteiger partial charge in [-0.15, -0.1) is 24.8 Å². The van der Waals surface area contributed by atoms with Crippen LogP contribution in [-0.2, 0) is 19.3 Å². The molecule has 0 amide bonds. The predicted octanol–water partition coefficient (Wildman–Crippen LogP) is 3.93. The Bertz CT molecular complexity index is 513. The Morgan fingerprint density at radius 2 is 1.77 bits per heavy atom. The number of nitrogens with zero attached hydrogens (tertiary/aromatic N) is 2. The molecule has 3 nitrogen and oxygen atoms in total. The van der Waals surface area contributed by atoms with Gasteiger partial charge >= 0.3 is 6.18 Å². The highest BCUT2D eigenvalue weighted by Crippen LogP contribution is 2.28. The lowest BCUT2D eigenvalue weighted by atomic mass is 10.1. The first-order chi connectivity index (χ1) is 9.55. The van der Waals surface area contributed by atoms with Gasteiger partial charge < -0.3 is 9.88 Å². The highest BCUT2D eigenvalue weighted by atomic mass is 35.5. The van der Waals surface area contributed by atoms with Crippen LogP contribution in [0, 0.1) is 0 Å². The molecule has 0 saturated heterocycles. The molecule has 0 aliphatic rings. The van der Waals surface area contributed by atoms with Crippen LogP contribution >= 0.6 is 24.8 Å². The molecule has 0 fully saturated rings. The summed E-state index contributed by atoms with van der Waals surface area (Å²) in [5, 5.41) is 3.21. The summed E-state index contributed by atoms with van der Waals surface area (Å²) in [5.74, 6) is 0. The highest BCUT2D eigenvalue weighted by molar-refractivity contribution is 5.85. The zero-order valence-electron chi connectivity index (χ0n) is 11.7. The zero-order valence-corrected chi connectivity index (χ0v) is 13.3. The van der Waals surface area contributed by atoms with Gasteiger partial charge in [-0.3, -0.25) is 0 Å². The number of alkyl halides is 3. The average molecular weight is 356 g/mol. The quantitative estimate of drug-likeness (QED) is 0.795. The molecule has 22 heavy (non-hydrogen) atoms. The van der Waals surface area contributed by atoms with Crippen molar-refractivity contribution in [3.63, 3.8) is 0 Å². The maximum Gasteiger partial charge on any atom is 0.416 e. The van der Waals surface area contributed by atoms with Gasteiger partial charge in [0, 0.05) is 25.5 Å². The van der Waals surface area contributed by atoms with E-state index in [9.17, 15) is 13.2 Å². The van der Waals surface area contributed by atoms with E-state index < -0.39 is 11.7 Å². The van der Waals surface area contributed by atoms with E-state index >= 15 is 0 Å². The fourth-order valence-corrected chi connectivity index (χ4v) is 1.85. The van der Waals surface area contributed by atoms with Gasteiger partial charge in [0.05, 0.1) is 11.9 Å². The number of hydrogen-bond acceptors (Lipinski definition) is 2. The van der Waals surface area contributed by atoms with E-state index in [4.69, 9.17) is 0 Å². The molecule has 124 valence electrons. The summed E-state index contributed by atoms with van der Waals surface area (Å²) >= 11 is 0. The van der Waals surface area contributed by atoms with Crippen LogP contribution in [0.4, 0.5) is 13.2 Å². The monoisotopic (exact) mass is 355 g/mol. The van der Waals surface area contributed by atoms with E-state index in [1.165, 1.54) is 12.1 Å². The third-order valence-electron chi connectivity index (χ3n) is 2.94. The summed E-state index contributed by atoms with van der Waals surface area (Å²) in [5.41, 5.74) is 0.238. The summed E-state index contributed by atoms with van der Waals surface area (Å²) in [6.07, 6.45) is 2.06. The molecule has 0 aliphatic heterocycles. The standard InChI is InChI=1S/C14H16F3N3.2ClH/c15-14(16,17)13-4-2-12(3-5-13)10-18-6-1-8-20-9-7-19-11-20;;/h2-5,7,9,11,18H,1,6,8,10H2;2*1H. The second kappa shape index (κ2) is 9.71. The smallest absolute Gasteiger partial charge is 0.337 e. The minimum absolute atomic E-state index is 0. The van der Waals surface area contributed by atoms with Crippen LogP contribution in [0.25, 0.3) is 0 Å².